The molecule has 0 spiro atoms. The second kappa shape index (κ2) is 10.6. The number of guanidine groups is 1. The molecule has 1 aromatic heterocycles. The summed E-state index contributed by atoms with van der Waals surface area (Å²) < 4.78 is 0. The van der Waals surface area contributed by atoms with Crippen LogP contribution < -0.4 is 15.5 Å². The highest BCUT2D eigenvalue weighted by Crippen LogP contribution is 2.12. The average molecular weight is 361 g/mol. The Hall–Kier alpha value is -2.31. The lowest BCUT2D eigenvalue weighted by Gasteiger charge is -2.35. The van der Waals surface area contributed by atoms with E-state index in [9.17, 15) is 4.79 Å². The monoisotopic (exact) mass is 360 g/mol. The summed E-state index contributed by atoms with van der Waals surface area (Å²) in [6.07, 6.45) is 2.29. The zero-order valence-electron chi connectivity index (χ0n) is 16.2. The number of pyridine rings is 1. The molecule has 0 unspecified atom stereocenters. The fourth-order valence-corrected chi connectivity index (χ4v) is 2.79. The Kier molecular flexibility index (Phi) is 8.18. The molecule has 0 radical (unpaired) electrons. The molecule has 144 valence electrons. The molecule has 1 saturated heterocycles. The highest BCUT2D eigenvalue weighted by Gasteiger charge is 2.21. The number of nitrogens with one attached hydrogen (secondary N) is 2. The van der Waals surface area contributed by atoms with Crippen molar-refractivity contribution >= 4 is 17.7 Å². The number of nitrogens with zero attached hydrogens (tertiary/aromatic N) is 4. The molecule has 1 aliphatic heterocycles. The first-order valence-corrected chi connectivity index (χ1v) is 9.56. The van der Waals surface area contributed by atoms with Gasteiger partial charge in [0.05, 0.1) is 0 Å². The van der Waals surface area contributed by atoms with Crippen molar-refractivity contribution in [3.8, 4) is 0 Å². The molecular formula is C19H32N6O. The number of anilines is 1. The maximum atomic E-state index is 12.4. The molecule has 2 rings (SSSR count). The van der Waals surface area contributed by atoms with Gasteiger partial charge in [-0.15, -0.1) is 0 Å². The zero-order chi connectivity index (χ0) is 18.8. The number of aromatic nitrogens is 1. The van der Waals surface area contributed by atoms with Crippen LogP contribution in [-0.2, 0) is 4.79 Å². The summed E-state index contributed by atoms with van der Waals surface area (Å²) in [4.78, 5) is 25.5. The lowest BCUT2D eigenvalue weighted by Crippen LogP contribution is -2.49. The van der Waals surface area contributed by atoms with Crippen LogP contribution in [0.15, 0.2) is 29.4 Å². The summed E-state index contributed by atoms with van der Waals surface area (Å²) in [5, 5.41) is 6.47. The van der Waals surface area contributed by atoms with Crippen molar-refractivity contribution in [3.05, 3.63) is 24.4 Å². The van der Waals surface area contributed by atoms with Crippen LogP contribution in [0.2, 0.25) is 0 Å². The topological polar surface area (TPSA) is 72.9 Å². The van der Waals surface area contributed by atoms with E-state index in [1.54, 1.807) is 6.20 Å². The van der Waals surface area contributed by atoms with E-state index in [1.165, 1.54) is 0 Å². The van der Waals surface area contributed by atoms with Crippen LogP contribution in [0.25, 0.3) is 0 Å². The number of rotatable bonds is 7. The van der Waals surface area contributed by atoms with Crippen LogP contribution in [0.1, 0.15) is 27.2 Å². The molecule has 1 amide bonds. The number of amides is 1. The Morgan fingerprint density at radius 3 is 2.62 bits per heavy atom. The third kappa shape index (κ3) is 6.54. The number of carbonyl (C=O) groups excluding carboxylic acids is 1. The van der Waals surface area contributed by atoms with E-state index in [-0.39, 0.29) is 5.91 Å². The Balaban J connectivity index is 1.72. The fourth-order valence-electron chi connectivity index (χ4n) is 2.79. The van der Waals surface area contributed by atoms with Gasteiger partial charge in [-0.3, -0.25) is 9.79 Å². The first-order valence-electron chi connectivity index (χ1n) is 9.56. The van der Waals surface area contributed by atoms with E-state index >= 15 is 0 Å². The van der Waals surface area contributed by atoms with Crippen molar-refractivity contribution in [2.45, 2.75) is 27.2 Å². The largest absolute Gasteiger partial charge is 0.357 e. The van der Waals surface area contributed by atoms with Crippen LogP contribution in [-0.4, -0.2) is 67.6 Å². The molecule has 0 saturated carbocycles. The predicted octanol–water partition coefficient (Wildman–Crippen LogP) is 1.33. The third-order valence-electron chi connectivity index (χ3n) is 4.20. The number of carbonyl (C=O) groups is 1. The van der Waals surface area contributed by atoms with Gasteiger partial charge < -0.3 is 20.4 Å². The number of piperazine rings is 1. The van der Waals surface area contributed by atoms with Crippen molar-refractivity contribution in [3.63, 3.8) is 0 Å². The van der Waals surface area contributed by atoms with E-state index in [0.717, 1.165) is 51.0 Å². The molecule has 0 atom stereocenters. The predicted molar refractivity (Wildman–Crippen MR) is 106 cm³/mol. The Bertz CT molecular complexity index is 567. The second-order valence-corrected chi connectivity index (χ2v) is 6.85. The van der Waals surface area contributed by atoms with Crippen molar-refractivity contribution in [2.24, 2.45) is 10.9 Å². The molecule has 0 bridgehead atoms. The maximum absolute atomic E-state index is 12.4. The molecular weight excluding hydrogens is 328 g/mol. The summed E-state index contributed by atoms with van der Waals surface area (Å²) in [6.45, 7) is 11.7. The van der Waals surface area contributed by atoms with Crippen molar-refractivity contribution in [1.82, 2.24) is 20.5 Å². The maximum Gasteiger partial charge on any atom is 0.224 e. The first kappa shape index (κ1) is 20.0. The number of aliphatic imine (C=N–C) groups is 1. The first-order chi connectivity index (χ1) is 12.6. The van der Waals surface area contributed by atoms with Crippen LogP contribution in [0.5, 0.6) is 0 Å². The van der Waals surface area contributed by atoms with E-state index in [2.05, 4.69) is 39.4 Å². The molecule has 1 aliphatic rings. The Morgan fingerprint density at radius 2 is 2.00 bits per heavy atom. The highest BCUT2D eigenvalue weighted by molar-refractivity contribution is 5.81. The standard InChI is InChI=1S/C19H32N6O/c1-4-20-19(23-15-16(2)3)22-10-8-18(26)25-13-11-24(12-14-25)17-7-5-6-9-21-17/h5-7,9,16H,4,8,10-15H2,1-3H3,(H2,20,22,23). The van der Waals surface area contributed by atoms with Crippen LogP contribution >= 0.6 is 0 Å². The molecule has 2 heterocycles. The van der Waals surface area contributed by atoms with Crippen molar-refractivity contribution in [2.75, 3.05) is 50.7 Å². The molecule has 7 nitrogen and oxygen atoms in total. The number of hydrogen-bond acceptors (Lipinski definition) is 4. The minimum Gasteiger partial charge on any atom is -0.357 e. The summed E-state index contributed by atoms with van der Waals surface area (Å²) in [5.41, 5.74) is 0. The van der Waals surface area contributed by atoms with Crippen LogP contribution in [0.3, 0.4) is 0 Å². The fraction of sp³-hybridized carbons (Fsp3) is 0.632. The van der Waals surface area contributed by atoms with Crippen molar-refractivity contribution < 1.29 is 4.79 Å². The van der Waals surface area contributed by atoms with Crippen LogP contribution in [0, 0.1) is 5.92 Å². The van der Waals surface area contributed by atoms with Gasteiger partial charge in [0, 0.05) is 58.4 Å². The van der Waals surface area contributed by atoms with Gasteiger partial charge in [-0.05, 0) is 25.0 Å². The summed E-state index contributed by atoms with van der Waals surface area (Å²) in [5.74, 6) is 2.48. The molecule has 0 aliphatic carbocycles. The Labute approximate surface area is 156 Å². The third-order valence-corrected chi connectivity index (χ3v) is 4.20. The molecule has 1 aromatic rings. The minimum absolute atomic E-state index is 0.192. The highest BCUT2D eigenvalue weighted by atomic mass is 16.2. The molecule has 7 heteroatoms. The average Bonchev–Trinajstić information content (AvgIpc) is 2.66. The van der Waals surface area contributed by atoms with Gasteiger partial charge in [-0.1, -0.05) is 19.9 Å². The van der Waals surface area contributed by atoms with E-state index in [0.29, 0.717) is 18.9 Å². The molecule has 1 fully saturated rings. The SMILES string of the molecule is CCNC(=NCC(C)C)NCCC(=O)N1CCN(c2ccccn2)CC1. The summed E-state index contributed by atoms with van der Waals surface area (Å²) in [6, 6.07) is 5.93. The quantitative estimate of drug-likeness (QED) is 0.567. The van der Waals surface area contributed by atoms with Gasteiger partial charge in [0.2, 0.25) is 5.91 Å². The van der Waals surface area contributed by atoms with Gasteiger partial charge in [-0.25, -0.2) is 4.98 Å². The van der Waals surface area contributed by atoms with Gasteiger partial charge in [0.15, 0.2) is 5.96 Å². The van der Waals surface area contributed by atoms with Gasteiger partial charge in [0.25, 0.3) is 0 Å². The van der Waals surface area contributed by atoms with Gasteiger partial charge in [-0.2, -0.15) is 0 Å². The Morgan fingerprint density at radius 1 is 1.23 bits per heavy atom. The molecule has 26 heavy (non-hydrogen) atoms. The normalized spacial score (nSPS) is 15.3. The van der Waals surface area contributed by atoms with E-state index < -0.39 is 0 Å². The van der Waals surface area contributed by atoms with Gasteiger partial charge in [0.1, 0.15) is 5.82 Å². The molecule has 0 aromatic carbocycles. The second-order valence-electron chi connectivity index (χ2n) is 6.85. The van der Waals surface area contributed by atoms with E-state index in [1.807, 2.05) is 30.0 Å². The van der Waals surface area contributed by atoms with Crippen molar-refractivity contribution in [1.29, 1.82) is 0 Å². The summed E-state index contributed by atoms with van der Waals surface area (Å²) in [7, 11) is 0. The summed E-state index contributed by atoms with van der Waals surface area (Å²) >= 11 is 0. The molecule has 2 N–H and O–H groups in total. The minimum atomic E-state index is 0.192. The number of hydrogen-bond donors (Lipinski definition) is 2. The van der Waals surface area contributed by atoms with Gasteiger partial charge >= 0.3 is 0 Å². The lowest BCUT2D eigenvalue weighted by molar-refractivity contribution is -0.131. The zero-order valence-corrected chi connectivity index (χ0v) is 16.2. The smallest absolute Gasteiger partial charge is 0.224 e. The van der Waals surface area contributed by atoms with Crippen LogP contribution in [0.4, 0.5) is 5.82 Å². The lowest BCUT2D eigenvalue weighted by atomic mass is 10.2. The van der Waals surface area contributed by atoms with E-state index in [4.69, 9.17) is 0 Å².